The summed E-state index contributed by atoms with van der Waals surface area (Å²) >= 11 is 0. The highest BCUT2D eigenvalue weighted by Crippen LogP contribution is 2.41. The molecule has 0 N–H and O–H groups in total. The van der Waals surface area contributed by atoms with Gasteiger partial charge < -0.3 is 4.74 Å². The fraction of sp³-hybridized carbons (Fsp3) is 0.846. The zero-order chi connectivity index (χ0) is 10.3. The van der Waals surface area contributed by atoms with Crippen LogP contribution in [0.3, 0.4) is 0 Å². The predicted octanol–water partition coefficient (Wildman–Crippen LogP) is 3.40. The van der Waals surface area contributed by atoms with Crippen molar-refractivity contribution in [2.45, 2.75) is 46.1 Å². The van der Waals surface area contributed by atoms with Gasteiger partial charge in [-0.05, 0) is 51.4 Å². The molecule has 1 aliphatic heterocycles. The molecule has 1 nitrogen and oxygen atoms in total. The Balaban J connectivity index is 2.14. The van der Waals surface area contributed by atoms with Crippen molar-refractivity contribution >= 4 is 0 Å². The number of hydrogen-bond donors (Lipinski definition) is 0. The Hall–Kier alpha value is -0.300. The zero-order valence-corrected chi connectivity index (χ0v) is 9.84. The van der Waals surface area contributed by atoms with Crippen LogP contribution in [0.4, 0.5) is 0 Å². The van der Waals surface area contributed by atoms with Gasteiger partial charge in [-0.25, -0.2) is 0 Å². The third-order valence-electron chi connectivity index (χ3n) is 3.93. The van der Waals surface area contributed by atoms with Gasteiger partial charge >= 0.3 is 0 Å². The maximum atomic E-state index is 5.89. The van der Waals surface area contributed by atoms with E-state index in [2.05, 4.69) is 33.8 Å². The van der Waals surface area contributed by atoms with E-state index in [1.807, 2.05) is 0 Å². The number of hydrogen-bond acceptors (Lipinski definition) is 1. The van der Waals surface area contributed by atoms with Crippen LogP contribution in [-0.4, -0.2) is 12.2 Å². The normalized spacial score (nSPS) is 41.4. The summed E-state index contributed by atoms with van der Waals surface area (Å²) in [7, 11) is 0. The Morgan fingerprint density at radius 3 is 2.86 bits per heavy atom. The average Bonchev–Trinajstić information content (AvgIpc) is 2.07. The second-order valence-electron chi connectivity index (χ2n) is 5.75. The zero-order valence-electron chi connectivity index (χ0n) is 9.84. The smallest absolute Gasteiger partial charge is 0.0632 e. The lowest BCUT2D eigenvalue weighted by atomic mass is 9.71. The maximum absolute atomic E-state index is 5.89. The van der Waals surface area contributed by atoms with E-state index >= 15 is 0 Å². The molecule has 3 atom stereocenters. The molecule has 1 saturated heterocycles. The lowest BCUT2D eigenvalue weighted by Crippen LogP contribution is -2.41. The van der Waals surface area contributed by atoms with Crippen molar-refractivity contribution in [3.05, 3.63) is 11.6 Å². The third-order valence-corrected chi connectivity index (χ3v) is 3.93. The highest BCUT2D eigenvalue weighted by atomic mass is 16.5. The van der Waals surface area contributed by atoms with E-state index < -0.39 is 0 Å². The summed E-state index contributed by atoms with van der Waals surface area (Å²) in [6.45, 7) is 10.0. The Morgan fingerprint density at radius 2 is 2.14 bits per heavy atom. The van der Waals surface area contributed by atoms with E-state index in [1.165, 1.54) is 12.8 Å². The van der Waals surface area contributed by atoms with E-state index in [0.717, 1.165) is 24.4 Å². The van der Waals surface area contributed by atoms with E-state index in [9.17, 15) is 0 Å². The summed E-state index contributed by atoms with van der Waals surface area (Å²) < 4.78 is 5.89. The van der Waals surface area contributed by atoms with Crippen LogP contribution in [-0.2, 0) is 4.74 Å². The molecule has 0 aromatic carbocycles. The van der Waals surface area contributed by atoms with Crippen LogP contribution < -0.4 is 0 Å². The number of fused-ring (bicyclic) bond motifs is 1. The monoisotopic (exact) mass is 194 g/mol. The van der Waals surface area contributed by atoms with Crippen LogP contribution in [0.1, 0.15) is 40.5 Å². The summed E-state index contributed by atoms with van der Waals surface area (Å²) in [5, 5.41) is 0. The Labute approximate surface area is 87.5 Å². The molecule has 14 heavy (non-hydrogen) atoms. The van der Waals surface area contributed by atoms with Crippen LogP contribution in [0.2, 0.25) is 0 Å². The van der Waals surface area contributed by atoms with Gasteiger partial charge in [0.05, 0.1) is 12.2 Å². The quantitative estimate of drug-likeness (QED) is 0.537. The second-order valence-corrected chi connectivity index (χ2v) is 5.75. The maximum Gasteiger partial charge on any atom is 0.0632 e. The number of allylic oxidation sites excluding steroid dienone is 2. The number of ether oxygens (including phenoxy) is 1. The largest absolute Gasteiger partial charge is 0.375 e. The summed E-state index contributed by atoms with van der Waals surface area (Å²) in [6.07, 6.45) is 5.02. The van der Waals surface area contributed by atoms with Gasteiger partial charge in [0.1, 0.15) is 0 Å². The Morgan fingerprint density at radius 1 is 1.43 bits per heavy atom. The highest BCUT2D eigenvalue weighted by Gasteiger charge is 2.37. The molecule has 1 heteroatoms. The van der Waals surface area contributed by atoms with Gasteiger partial charge in [-0.1, -0.05) is 18.6 Å². The van der Waals surface area contributed by atoms with Gasteiger partial charge in [0.2, 0.25) is 0 Å². The highest BCUT2D eigenvalue weighted by molar-refractivity contribution is 5.12. The van der Waals surface area contributed by atoms with Crippen LogP contribution in [0, 0.1) is 17.8 Å². The minimum absolute atomic E-state index is 0.0958. The van der Waals surface area contributed by atoms with Gasteiger partial charge in [-0.3, -0.25) is 0 Å². The van der Waals surface area contributed by atoms with Crippen molar-refractivity contribution in [1.82, 2.24) is 0 Å². The van der Waals surface area contributed by atoms with E-state index in [1.54, 1.807) is 5.57 Å². The fourth-order valence-corrected chi connectivity index (χ4v) is 2.83. The van der Waals surface area contributed by atoms with Gasteiger partial charge in [-0.15, -0.1) is 0 Å². The summed E-state index contributed by atoms with van der Waals surface area (Å²) in [5.41, 5.74) is 1.68. The third kappa shape index (κ3) is 1.88. The molecule has 80 valence electrons. The number of rotatable bonds is 0. The molecule has 0 aromatic heterocycles. The molecule has 2 aliphatic rings. The van der Waals surface area contributed by atoms with Crippen molar-refractivity contribution < 1.29 is 4.74 Å². The minimum atomic E-state index is 0.0958. The van der Waals surface area contributed by atoms with Gasteiger partial charge in [0, 0.05) is 0 Å². The molecule has 2 rings (SSSR count). The molecule has 1 aliphatic carbocycles. The van der Waals surface area contributed by atoms with E-state index in [0.29, 0.717) is 0 Å². The van der Waals surface area contributed by atoms with E-state index in [-0.39, 0.29) is 5.60 Å². The predicted molar refractivity (Wildman–Crippen MR) is 59.2 cm³/mol. The topological polar surface area (TPSA) is 9.23 Å². The van der Waals surface area contributed by atoms with Crippen molar-refractivity contribution in [3.63, 3.8) is 0 Å². The molecule has 1 fully saturated rings. The molecular formula is C13H22O. The first-order chi connectivity index (χ1) is 6.48. The molecule has 0 radical (unpaired) electrons. The second kappa shape index (κ2) is 3.37. The standard InChI is InChI=1S/C13H22O/c1-9-5-11-7-13(3,4)14-8-12(11)6-10(9)2/h5,10-12H,6-8H2,1-4H3/t10?,11-,12-/m0/s1. The van der Waals surface area contributed by atoms with Crippen LogP contribution >= 0.6 is 0 Å². The van der Waals surface area contributed by atoms with Gasteiger partial charge in [0.15, 0.2) is 0 Å². The summed E-state index contributed by atoms with van der Waals surface area (Å²) in [4.78, 5) is 0. The van der Waals surface area contributed by atoms with Crippen molar-refractivity contribution in [1.29, 1.82) is 0 Å². The Bertz CT molecular complexity index is 252. The van der Waals surface area contributed by atoms with Crippen LogP contribution in [0.5, 0.6) is 0 Å². The lowest BCUT2D eigenvalue weighted by Gasteiger charge is -2.43. The molecule has 0 amide bonds. The molecule has 0 aromatic rings. The van der Waals surface area contributed by atoms with Crippen molar-refractivity contribution in [3.8, 4) is 0 Å². The molecule has 0 bridgehead atoms. The van der Waals surface area contributed by atoms with Crippen molar-refractivity contribution in [2.75, 3.05) is 6.61 Å². The first-order valence-electron chi connectivity index (χ1n) is 5.80. The molecule has 0 saturated carbocycles. The van der Waals surface area contributed by atoms with Crippen LogP contribution in [0.15, 0.2) is 11.6 Å². The molecule has 0 spiro atoms. The first kappa shape index (κ1) is 10.2. The van der Waals surface area contributed by atoms with Crippen molar-refractivity contribution in [2.24, 2.45) is 17.8 Å². The Kier molecular flexibility index (Phi) is 2.46. The van der Waals surface area contributed by atoms with Gasteiger partial charge in [0.25, 0.3) is 0 Å². The average molecular weight is 194 g/mol. The lowest BCUT2D eigenvalue weighted by molar-refractivity contribution is -0.0987. The molecule has 1 heterocycles. The first-order valence-corrected chi connectivity index (χ1v) is 5.80. The molecule has 1 unspecified atom stereocenters. The SMILES string of the molecule is CC1=C[C@H]2CC(C)(C)OC[C@@H]2CC1C. The van der Waals surface area contributed by atoms with Gasteiger partial charge in [-0.2, -0.15) is 0 Å². The van der Waals surface area contributed by atoms with E-state index in [4.69, 9.17) is 4.74 Å². The summed E-state index contributed by atoms with van der Waals surface area (Å²) in [5.74, 6) is 2.32. The molecular weight excluding hydrogens is 172 g/mol. The summed E-state index contributed by atoms with van der Waals surface area (Å²) in [6, 6.07) is 0. The fourth-order valence-electron chi connectivity index (χ4n) is 2.83. The minimum Gasteiger partial charge on any atom is -0.375 e. The van der Waals surface area contributed by atoms with Crippen LogP contribution in [0.25, 0.3) is 0 Å².